The van der Waals surface area contributed by atoms with Gasteiger partial charge in [0, 0.05) is 17.0 Å². The first-order chi connectivity index (χ1) is 15.4. The average Bonchev–Trinajstić information content (AvgIpc) is 2.81. The molecule has 0 unspecified atom stereocenters. The Hall–Kier alpha value is -2.90. The molecule has 32 heavy (non-hydrogen) atoms. The zero-order valence-corrected chi connectivity index (χ0v) is 17.4. The minimum absolute atomic E-state index is 0.0486. The Labute approximate surface area is 183 Å². The van der Waals surface area contributed by atoms with Crippen molar-refractivity contribution in [1.82, 2.24) is 0 Å². The largest absolute Gasteiger partial charge is 0.505 e. The molecule has 1 aliphatic rings. The maximum absolute atomic E-state index is 14.9. The van der Waals surface area contributed by atoms with Crippen LogP contribution in [0.3, 0.4) is 0 Å². The minimum atomic E-state index is -1.34. The average molecular weight is 446 g/mol. The third-order valence-corrected chi connectivity index (χ3v) is 5.61. The SMILES string of the molecule is CCCC1OCC(c2ccc(-c3ccc(-c4ccc(O)c(F)c4F)cc3)c(F)c2F)CO1. The highest BCUT2D eigenvalue weighted by molar-refractivity contribution is 5.71. The Morgan fingerprint density at radius 3 is 1.84 bits per heavy atom. The van der Waals surface area contributed by atoms with Crippen LogP contribution in [-0.4, -0.2) is 24.6 Å². The van der Waals surface area contributed by atoms with Crippen molar-refractivity contribution >= 4 is 0 Å². The number of hydrogen-bond donors (Lipinski definition) is 1. The van der Waals surface area contributed by atoms with Crippen LogP contribution in [0.4, 0.5) is 17.6 Å². The first kappa shape index (κ1) is 22.3. The van der Waals surface area contributed by atoms with Gasteiger partial charge in [0.1, 0.15) is 0 Å². The molecule has 3 aromatic carbocycles. The molecule has 0 bridgehead atoms. The van der Waals surface area contributed by atoms with E-state index < -0.39 is 34.9 Å². The highest BCUT2D eigenvalue weighted by Gasteiger charge is 2.27. The van der Waals surface area contributed by atoms with Crippen LogP contribution < -0.4 is 0 Å². The fourth-order valence-corrected chi connectivity index (χ4v) is 3.82. The fraction of sp³-hybridized carbons (Fsp3) is 0.280. The number of aromatic hydroxyl groups is 1. The van der Waals surface area contributed by atoms with E-state index in [4.69, 9.17) is 9.47 Å². The fourth-order valence-electron chi connectivity index (χ4n) is 3.82. The third kappa shape index (κ3) is 4.23. The summed E-state index contributed by atoms with van der Waals surface area (Å²) in [4.78, 5) is 0. The van der Waals surface area contributed by atoms with Crippen molar-refractivity contribution in [2.45, 2.75) is 32.0 Å². The predicted molar refractivity (Wildman–Crippen MR) is 112 cm³/mol. The van der Waals surface area contributed by atoms with Crippen molar-refractivity contribution in [3.05, 3.63) is 77.4 Å². The normalized spacial score (nSPS) is 18.7. The van der Waals surface area contributed by atoms with Crippen LogP contribution in [0.1, 0.15) is 31.2 Å². The first-order valence-electron chi connectivity index (χ1n) is 10.4. The molecule has 4 rings (SSSR count). The molecule has 0 amide bonds. The lowest BCUT2D eigenvalue weighted by molar-refractivity contribution is -0.190. The second-order valence-corrected chi connectivity index (χ2v) is 7.75. The van der Waals surface area contributed by atoms with Crippen LogP contribution >= 0.6 is 0 Å². The molecule has 1 aliphatic heterocycles. The monoisotopic (exact) mass is 446 g/mol. The van der Waals surface area contributed by atoms with E-state index in [-0.39, 0.29) is 36.2 Å². The summed E-state index contributed by atoms with van der Waals surface area (Å²) in [5.41, 5.74) is 0.917. The summed E-state index contributed by atoms with van der Waals surface area (Å²) in [6.45, 7) is 2.52. The quantitative estimate of drug-likeness (QED) is 0.453. The molecule has 1 N–H and O–H groups in total. The van der Waals surface area contributed by atoms with Crippen LogP contribution in [0.25, 0.3) is 22.3 Å². The summed E-state index contributed by atoms with van der Waals surface area (Å²) < 4.78 is 68.7. The minimum Gasteiger partial charge on any atom is -0.505 e. The molecule has 1 saturated heterocycles. The van der Waals surface area contributed by atoms with Gasteiger partial charge in [-0.25, -0.2) is 13.2 Å². The van der Waals surface area contributed by atoms with E-state index in [1.165, 1.54) is 42.5 Å². The summed E-state index contributed by atoms with van der Waals surface area (Å²) in [5.74, 6) is -5.65. The van der Waals surface area contributed by atoms with Gasteiger partial charge in [0.2, 0.25) is 5.82 Å². The number of phenolic OH excluding ortho intramolecular Hbond substituents is 1. The zero-order chi connectivity index (χ0) is 22.8. The molecular formula is C25H22F4O3. The second kappa shape index (κ2) is 9.30. The number of halogens is 4. The number of benzene rings is 3. The Morgan fingerprint density at radius 1 is 0.750 bits per heavy atom. The van der Waals surface area contributed by atoms with Gasteiger partial charge >= 0.3 is 0 Å². The van der Waals surface area contributed by atoms with E-state index >= 15 is 0 Å². The molecule has 0 radical (unpaired) electrons. The summed E-state index contributed by atoms with van der Waals surface area (Å²) >= 11 is 0. The number of rotatable bonds is 5. The van der Waals surface area contributed by atoms with Crippen LogP contribution in [0.15, 0.2) is 48.5 Å². The first-order valence-corrected chi connectivity index (χ1v) is 10.4. The maximum Gasteiger partial charge on any atom is 0.200 e. The number of phenols is 1. The summed E-state index contributed by atoms with van der Waals surface area (Å²) in [6, 6.07) is 11.3. The predicted octanol–water partition coefficient (Wildman–Crippen LogP) is 6.54. The van der Waals surface area contributed by atoms with E-state index in [1.54, 1.807) is 0 Å². The summed E-state index contributed by atoms with van der Waals surface area (Å²) in [7, 11) is 0. The highest BCUT2D eigenvalue weighted by Crippen LogP contribution is 2.34. The third-order valence-electron chi connectivity index (χ3n) is 5.61. The van der Waals surface area contributed by atoms with E-state index in [0.717, 1.165) is 18.9 Å². The Bertz CT molecular complexity index is 1110. The van der Waals surface area contributed by atoms with Crippen molar-refractivity contribution in [3.8, 4) is 28.0 Å². The Kier molecular flexibility index (Phi) is 6.48. The van der Waals surface area contributed by atoms with E-state index in [9.17, 15) is 22.7 Å². The van der Waals surface area contributed by atoms with Gasteiger partial charge in [-0.05, 0) is 35.2 Å². The van der Waals surface area contributed by atoms with E-state index in [2.05, 4.69) is 0 Å². The molecule has 0 aliphatic carbocycles. The van der Waals surface area contributed by atoms with Crippen LogP contribution in [0.5, 0.6) is 5.75 Å². The van der Waals surface area contributed by atoms with Gasteiger partial charge in [-0.3, -0.25) is 0 Å². The van der Waals surface area contributed by atoms with E-state index in [0.29, 0.717) is 11.1 Å². The topological polar surface area (TPSA) is 38.7 Å². The molecule has 3 nitrogen and oxygen atoms in total. The van der Waals surface area contributed by atoms with Crippen molar-refractivity contribution < 1.29 is 32.1 Å². The van der Waals surface area contributed by atoms with Crippen molar-refractivity contribution in [2.75, 3.05) is 13.2 Å². The van der Waals surface area contributed by atoms with Gasteiger partial charge in [-0.1, -0.05) is 49.7 Å². The molecule has 7 heteroatoms. The van der Waals surface area contributed by atoms with Gasteiger partial charge in [0.25, 0.3) is 0 Å². The van der Waals surface area contributed by atoms with Gasteiger partial charge in [0.15, 0.2) is 29.5 Å². The summed E-state index contributed by atoms with van der Waals surface area (Å²) in [5, 5.41) is 9.27. The maximum atomic E-state index is 14.9. The molecule has 0 spiro atoms. The lowest BCUT2D eigenvalue weighted by Crippen LogP contribution is -2.31. The Morgan fingerprint density at radius 2 is 1.28 bits per heavy atom. The molecule has 3 aromatic rings. The molecule has 0 saturated carbocycles. The summed E-state index contributed by atoms with van der Waals surface area (Å²) in [6.07, 6.45) is 1.34. The smallest absolute Gasteiger partial charge is 0.200 e. The number of ether oxygens (including phenoxy) is 2. The molecule has 0 aromatic heterocycles. The van der Waals surface area contributed by atoms with Crippen molar-refractivity contribution in [1.29, 1.82) is 0 Å². The van der Waals surface area contributed by atoms with Crippen LogP contribution in [0, 0.1) is 23.3 Å². The molecule has 1 fully saturated rings. The van der Waals surface area contributed by atoms with Gasteiger partial charge in [-0.15, -0.1) is 0 Å². The standard InChI is InChI=1S/C25H22F4O3/c1-2-3-21-31-12-16(13-32-21)19-9-8-17(22(26)23(19)27)14-4-6-15(7-5-14)18-10-11-20(30)25(29)24(18)28/h4-11,16,21,30H,2-3,12-13H2,1H3. The van der Waals surface area contributed by atoms with Gasteiger partial charge in [0.05, 0.1) is 13.2 Å². The molecule has 1 heterocycles. The van der Waals surface area contributed by atoms with Gasteiger partial charge in [-0.2, -0.15) is 4.39 Å². The highest BCUT2D eigenvalue weighted by atomic mass is 19.2. The van der Waals surface area contributed by atoms with E-state index in [1.807, 2.05) is 6.92 Å². The molecular weight excluding hydrogens is 424 g/mol. The molecule has 0 atom stereocenters. The van der Waals surface area contributed by atoms with Gasteiger partial charge < -0.3 is 14.6 Å². The second-order valence-electron chi connectivity index (χ2n) is 7.75. The van der Waals surface area contributed by atoms with Crippen LogP contribution in [0.2, 0.25) is 0 Å². The van der Waals surface area contributed by atoms with Crippen molar-refractivity contribution in [3.63, 3.8) is 0 Å². The zero-order valence-electron chi connectivity index (χ0n) is 17.4. The lowest BCUT2D eigenvalue weighted by Gasteiger charge is -2.29. The van der Waals surface area contributed by atoms with Crippen molar-refractivity contribution in [2.24, 2.45) is 0 Å². The molecule has 168 valence electrons. The van der Waals surface area contributed by atoms with Crippen LogP contribution in [-0.2, 0) is 9.47 Å². The Balaban J connectivity index is 1.57. The number of hydrogen-bond acceptors (Lipinski definition) is 3. The lowest BCUT2D eigenvalue weighted by atomic mass is 9.94.